The van der Waals surface area contributed by atoms with Crippen molar-refractivity contribution in [2.24, 2.45) is 0 Å². The fraction of sp³-hybridized carbons (Fsp3) is 0. The second-order valence-electron chi connectivity index (χ2n) is 3.34. The minimum atomic E-state index is -0.965. The Morgan fingerprint density at radius 3 is 2.69 bits per heavy atom. The van der Waals surface area contributed by atoms with Crippen molar-refractivity contribution in [1.82, 2.24) is 0 Å². The number of aliphatic carboxylic acids is 1. The highest BCUT2D eigenvalue weighted by Crippen LogP contribution is 2.22. The van der Waals surface area contributed by atoms with E-state index in [0.29, 0.717) is 0 Å². The number of carboxylic acid groups (broad SMARTS) is 1. The van der Waals surface area contributed by atoms with Gasteiger partial charge >= 0.3 is 5.97 Å². The van der Waals surface area contributed by atoms with E-state index in [2.05, 4.69) is 5.32 Å². The van der Waals surface area contributed by atoms with Crippen LogP contribution in [-0.2, 0) is 4.79 Å². The molecule has 0 fully saturated rings. The molecular weight excluding hydrogens is 202 g/mol. The summed E-state index contributed by atoms with van der Waals surface area (Å²) in [5.74, 6) is -0.965. The molecule has 0 radical (unpaired) electrons. The van der Waals surface area contributed by atoms with E-state index >= 15 is 0 Å². The van der Waals surface area contributed by atoms with Gasteiger partial charge < -0.3 is 10.4 Å². The van der Waals surface area contributed by atoms with Crippen molar-refractivity contribution in [3.8, 4) is 0 Å². The number of carbonyl (C=O) groups is 1. The van der Waals surface area contributed by atoms with E-state index in [4.69, 9.17) is 5.11 Å². The molecule has 3 heteroatoms. The maximum atomic E-state index is 10.3. The van der Waals surface area contributed by atoms with Crippen molar-refractivity contribution in [2.45, 2.75) is 0 Å². The fourth-order valence-corrected chi connectivity index (χ4v) is 1.55. The normalized spacial score (nSPS) is 10.8. The van der Waals surface area contributed by atoms with Gasteiger partial charge in [0.25, 0.3) is 0 Å². The van der Waals surface area contributed by atoms with E-state index in [1.54, 1.807) is 0 Å². The molecule has 0 aromatic heterocycles. The lowest BCUT2D eigenvalue weighted by Gasteiger charge is -2.05. The molecule has 0 aliphatic rings. The molecule has 2 rings (SSSR count). The standard InChI is InChI=1S/C13H11NO2/c15-13(16)8-9-14-12-7-3-5-10-4-1-2-6-11(10)12/h1-9,14H,(H,15,16)/b9-8+. The number of anilines is 1. The second-order valence-corrected chi connectivity index (χ2v) is 3.34. The quantitative estimate of drug-likeness (QED) is 0.771. The number of hydrogen-bond acceptors (Lipinski definition) is 2. The Kier molecular flexibility index (Phi) is 2.87. The highest BCUT2D eigenvalue weighted by Gasteiger charge is 1.97. The molecule has 16 heavy (non-hydrogen) atoms. The Morgan fingerprint density at radius 2 is 1.88 bits per heavy atom. The van der Waals surface area contributed by atoms with Crippen LogP contribution in [-0.4, -0.2) is 11.1 Å². The molecule has 0 bridgehead atoms. The average molecular weight is 213 g/mol. The van der Waals surface area contributed by atoms with E-state index in [9.17, 15) is 4.79 Å². The molecule has 0 atom stereocenters. The third kappa shape index (κ3) is 2.20. The van der Waals surface area contributed by atoms with Gasteiger partial charge in [0, 0.05) is 23.3 Å². The summed E-state index contributed by atoms with van der Waals surface area (Å²) in [6.07, 6.45) is 2.49. The number of hydrogen-bond donors (Lipinski definition) is 2. The van der Waals surface area contributed by atoms with Crippen molar-refractivity contribution in [1.29, 1.82) is 0 Å². The first kappa shape index (κ1) is 10.2. The number of benzene rings is 2. The molecule has 0 aliphatic carbocycles. The van der Waals surface area contributed by atoms with Gasteiger partial charge in [-0.15, -0.1) is 0 Å². The minimum Gasteiger partial charge on any atom is -0.478 e. The lowest BCUT2D eigenvalue weighted by Crippen LogP contribution is -1.92. The third-order valence-electron chi connectivity index (χ3n) is 2.25. The van der Waals surface area contributed by atoms with Crippen molar-refractivity contribution in [3.05, 3.63) is 54.7 Å². The molecule has 3 nitrogen and oxygen atoms in total. The zero-order chi connectivity index (χ0) is 11.4. The van der Waals surface area contributed by atoms with Crippen molar-refractivity contribution < 1.29 is 9.90 Å². The van der Waals surface area contributed by atoms with Gasteiger partial charge in [-0.05, 0) is 11.5 Å². The van der Waals surface area contributed by atoms with Gasteiger partial charge in [0.15, 0.2) is 0 Å². The first-order valence-corrected chi connectivity index (χ1v) is 4.91. The third-order valence-corrected chi connectivity index (χ3v) is 2.25. The van der Waals surface area contributed by atoms with Gasteiger partial charge in [-0.2, -0.15) is 0 Å². The van der Waals surface area contributed by atoms with Crippen LogP contribution >= 0.6 is 0 Å². The molecule has 0 saturated heterocycles. The molecular formula is C13H11NO2. The molecule has 80 valence electrons. The van der Waals surface area contributed by atoms with E-state index in [0.717, 1.165) is 22.5 Å². The Bertz CT molecular complexity index is 541. The van der Waals surface area contributed by atoms with Crippen molar-refractivity contribution in [2.75, 3.05) is 5.32 Å². The summed E-state index contributed by atoms with van der Waals surface area (Å²) in [6.45, 7) is 0. The average Bonchev–Trinajstić information content (AvgIpc) is 2.29. The number of carboxylic acids is 1. The summed E-state index contributed by atoms with van der Waals surface area (Å²) in [4.78, 5) is 10.3. The zero-order valence-electron chi connectivity index (χ0n) is 8.55. The molecule has 2 aromatic rings. The molecule has 0 spiro atoms. The summed E-state index contributed by atoms with van der Waals surface area (Å²) < 4.78 is 0. The van der Waals surface area contributed by atoms with Gasteiger partial charge in [0.1, 0.15) is 0 Å². The van der Waals surface area contributed by atoms with Crippen LogP contribution < -0.4 is 5.32 Å². The van der Waals surface area contributed by atoms with Crippen LogP contribution in [0.5, 0.6) is 0 Å². The molecule has 0 saturated carbocycles. The summed E-state index contributed by atoms with van der Waals surface area (Å²) in [5, 5.41) is 13.6. The highest BCUT2D eigenvalue weighted by molar-refractivity contribution is 5.94. The van der Waals surface area contributed by atoms with Gasteiger partial charge in [-0.1, -0.05) is 36.4 Å². The molecule has 0 heterocycles. The van der Waals surface area contributed by atoms with Crippen LogP contribution in [0.4, 0.5) is 5.69 Å². The number of fused-ring (bicyclic) bond motifs is 1. The van der Waals surface area contributed by atoms with Crippen LogP contribution in [0.3, 0.4) is 0 Å². The van der Waals surface area contributed by atoms with Crippen molar-refractivity contribution in [3.63, 3.8) is 0 Å². The molecule has 0 unspecified atom stereocenters. The molecule has 2 aromatic carbocycles. The van der Waals surface area contributed by atoms with E-state index in [-0.39, 0.29) is 0 Å². The highest BCUT2D eigenvalue weighted by atomic mass is 16.4. The van der Waals surface area contributed by atoms with Gasteiger partial charge in [-0.25, -0.2) is 4.79 Å². The fourth-order valence-electron chi connectivity index (χ4n) is 1.55. The topological polar surface area (TPSA) is 49.3 Å². The summed E-state index contributed by atoms with van der Waals surface area (Å²) in [5.41, 5.74) is 0.899. The predicted octanol–water partition coefficient (Wildman–Crippen LogP) is 2.85. The largest absolute Gasteiger partial charge is 0.478 e. The van der Waals surface area contributed by atoms with Gasteiger partial charge in [0.05, 0.1) is 0 Å². The van der Waals surface area contributed by atoms with E-state index in [1.165, 1.54) is 6.20 Å². The van der Waals surface area contributed by atoms with Crippen molar-refractivity contribution >= 4 is 22.4 Å². The molecule has 0 aliphatic heterocycles. The number of nitrogens with one attached hydrogen (secondary N) is 1. The van der Waals surface area contributed by atoms with Crippen LogP contribution in [0.2, 0.25) is 0 Å². The summed E-state index contributed by atoms with van der Waals surface area (Å²) in [6, 6.07) is 13.8. The Balaban J connectivity index is 2.34. The van der Waals surface area contributed by atoms with Crippen LogP contribution in [0.25, 0.3) is 10.8 Å². The molecule has 0 amide bonds. The second kappa shape index (κ2) is 4.49. The molecule has 2 N–H and O–H groups in total. The SMILES string of the molecule is O=C(O)/C=C/Nc1cccc2ccccc12. The minimum absolute atomic E-state index is 0.899. The zero-order valence-corrected chi connectivity index (χ0v) is 8.55. The Hall–Kier alpha value is -2.29. The monoisotopic (exact) mass is 213 g/mol. The van der Waals surface area contributed by atoms with E-state index < -0.39 is 5.97 Å². The smallest absolute Gasteiger partial charge is 0.329 e. The van der Waals surface area contributed by atoms with E-state index in [1.807, 2.05) is 42.5 Å². The maximum Gasteiger partial charge on any atom is 0.329 e. The first-order valence-electron chi connectivity index (χ1n) is 4.91. The van der Waals surface area contributed by atoms with Crippen LogP contribution in [0.1, 0.15) is 0 Å². The summed E-state index contributed by atoms with van der Waals surface area (Å²) >= 11 is 0. The Labute approximate surface area is 93.0 Å². The Morgan fingerprint density at radius 1 is 1.12 bits per heavy atom. The lowest BCUT2D eigenvalue weighted by atomic mass is 10.1. The van der Waals surface area contributed by atoms with Gasteiger partial charge in [0.2, 0.25) is 0 Å². The first-order chi connectivity index (χ1) is 7.77. The maximum absolute atomic E-state index is 10.3. The summed E-state index contributed by atoms with van der Waals surface area (Å²) in [7, 11) is 0. The lowest BCUT2D eigenvalue weighted by molar-refractivity contribution is -0.131. The van der Waals surface area contributed by atoms with Crippen LogP contribution in [0, 0.1) is 0 Å². The number of rotatable bonds is 3. The van der Waals surface area contributed by atoms with Crippen LogP contribution in [0.15, 0.2) is 54.7 Å². The predicted molar refractivity (Wildman–Crippen MR) is 64.3 cm³/mol. The van der Waals surface area contributed by atoms with Gasteiger partial charge in [-0.3, -0.25) is 0 Å².